The van der Waals surface area contributed by atoms with E-state index in [1.165, 1.54) is 18.4 Å². The number of nitrogens with zero attached hydrogens (tertiary/aromatic N) is 1. The predicted molar refractivity (Wildman–Crippen MR) is 63.5 cm³/mol. The van der Waals surface area contributed by atoms with Gasteiger partial charge in [0.25, 0.3) is 0 Å². The maximum Gasteiger partial charge on any atom is 0.0237 e. The van der Waals surface area contributed by atoms with Crippen molar-refractivity contribution in [3.8, 4) is 0 Å². The Kier molecular flexibility index (Phi) is 3.39. The second-order valence-electron chi connectivity index (χ2n) is 4.60. The maximum absolute atomic E-state index is 6.00. The lowest BCUT2D eigenvalue weighted by atomic mass is 9.99. The second kappa shape index (κ2) is 4.77. The molecule has 0 aliphatic carbocycles. The molecule has 1 aliphatic heterocycles. The Morgan fingerprint density at radius 2 is 2.00 bits per heavy atom. The summed E-state index contributed by atoms with van der Waals surface area (Å²) in [6, 6.07) is 11.7. The number of nitrogens with two attached hydrogens (primary N) is 1. The smallest absolute Gasteiger partial charge is 0.0237 e. The van der Waals surface area contributed by atoms with Crippen LogP contribution in [0.1, 0.15) is 25.3 Å². The van der Waals surface area contributed by atoms with Crippen LogP contribution in [-0.4, -0.2) is 23.5 Å². The van der Waals surface area contributed by atoms with E-state index in [1.54, 1.807) is 0 Å². The van der Waals surface area contributed by atoms with E-state index in [2.05, 4.69) is 42.2 Å². The van der Waals surface area contributed by atoms with Crippen LogP contribution in [0.25, 0.3) is 0 Å². The molecule has 2 atom stereocenters. The van der Waals surface area contributed by atoms with Crippen molar-refractivity contribution in [1.29, 1.82) is 0 Å². The van der Waals surface area contributed by atoms with E-state index in [0.29, 0.717) is 12.1 Å². The Balaban J connectivity index is 1.98. The molecule has 2 rings (SSSR count). The highest BCUT2D eigenvalue weighted by molar-refractivity contribution is 5.14. The van der Waals surface area contributed by atoms with Crippen molar-refractivity contribution in [3.63, 3.8) is 0 Å². The summed E-state index contributed by atoms with van der Waals surface area (Å²) in [7, 11) is 0. The predicted octanol–water partition coefficient (Wildman–Crippen LogP) is 2.00. The SMILES string of the molecule is C[C@H]1CC[C@H](N)CN1Cc1ccccc1. The highest BCUT2D eigenvalue weighted by Gasteiger charge is 2.22. The van der Waals surface area contributed by atoms with Gasteiger partial charge in [-0.05, 0) is 25.3 Å². The van der Waals surface area contributed by atoms with Crippen molar-refractivity contribution in [2.24, 2.45) is 5.73 Å². The lowest BCUT2D eigenvalue weighted by molar-refractivity contribution is 0.138. The third-order valence-electron chi connectivity index (χ3n) is 3.28. The van der Waals surface area contributed by atoms with Crippen LogP contribution in [0.2, 0.25) is 0 Å². The van der Waals surface area contributed by atoms with Crippen molar-refractivity contribution >= 4 is 0 Å². The largest absolute Gasteiger partial charge is 0.327 e. The van der Waals surface area contributed by atoms with Crippen molar-refractivity contribution < 1.29 is 0 Å². The zero-order valence-electron chi connectivity index (χ0n) is 9.39. The Hall–Kier alpha value is -0.860. The van der Waals surface area contributed by atoms with Crippen LogP contribution in [0.3, 0.4) is 0 Å². The lowest BCUT2D eigenvalue weighted by Gasteiger charge is -2.36. The molecule has 0 bridgehead atoms. The van der Waals surface area contributed by atoms with E-state index in [4.69, 9.17) is 5.73 Å². The molecule has 0 unspecified atom stereocenters. The normalized spacial score (nSPS) is 27.9. The molecule has 0 saturated carbocycles. The summed E-state index contributed by atoms with van der Waals surface area (Å²) < 4.78 is 0. The molecule has 2 nitrogen and oxygen atoms in total. The molecule has 0 spiro atoms. The van der Waals surface area contributed by atoms with Gasteiger partial charge in [0.2, 0.25) is 0 Å². The van der Waals surface area contributed by atoms with Crippen molar-refractivity contribution in [2.45, 2.75) is 38.4 Å². The van der Waals surface area contributed by atoms with E-state index in [9.17, 15) is 0 Å². The van der Waals surface area contributed by atoms with Gasteiger partial charge in [0.05, 0.1) is 0 Å². The number of likely N-dealkylation sites (tertiary alicyclic amines) is 1. The van der Waals surface area contributed by atoms with Gasteiger partial charge in [-0.25, -0.2) is 0 Å². The zero-order chi connectivity index (χ0) is 10.7. The highest BCUT2D eigenvalue weighted by atomic mass is 15.2. The van der Waals surface area contributed by atoms with Crippen molar-refractivity contribution in [1.82, 2.24) is 4.90 Å². The third kappa shape index (κ3) is 2.80. The summed E-state index contributed by atoms with van der Waals surface area (Å²) in [5, 5.41) is 0. The third-order valence-corrected chi connectivity index (χ3v) is 3.28. The molecule has 2 N–H and O–H groups in total. The number of hydrogen-bond acceptors (Lipinski definition) is 2. The van der Waals surface area contributed by atoms with Crippen LogP contribution in [0, 0.1) is 0 Å². The van der Waals surface area contributed by atoms with Crippen LogP contribution in [0.15, 0.2) is 30.3 Å². The van der Waals surface area contributed by atoms with E-state index in [0.717, 1.165) is 13.1 Å². The Bertz CT molecular complexity index is 297. The molecule has 1 heterocycles. The quantitative estimate of drug-likeness (QED) is 0.798. The summed E-state index contributed by atoms with van der Waals surface area (Å²) >= 11 is 0. The van der Waals surface area contributed by atoms with Gasteiger partial charge < -0.3 is 5.73 Å². The molecule has 1 saturated heterocycles. The van der Waals surface area contributed by atoms with Crippen LogP contribution < -0.4 is 5.73 Å². The van der Waals surface area contributed by atoms with Gasteiger partial charge in [0.1, 0.15) is 0 Å². The first-order chi connectivity index (χ1) is 7.25. The van der Waals surface area contributed by atoms with Crippen LogP contribution in [0.5, 0.6) is 0 Å². The standard InChI is InChI=1S/C13H20N2/c1-11-7-8-13(14)10-15(11)9-12-5-3-2-4-6-12/h2-6,11,13H,7-10,14H2,1H3/t11-,13-/m0/s1. The average Bonchev–Trinajstić information content (AvgIpc) is 2.25. The molecule has 0 radical (unpaired) electrons. The highest BCUT2D eigenvalue weighted by Crippen LogP contribution is 2.18. The molecule has 1 aromatic carbocycles. The van der Waals surface area contributed by atoms with Gasteiger partial charge in [-0.1, -0.05) is 30.3 Å². The summed E-state index contributed by atoms with van der Waals surface area (Å²) in [4.78, 5) is 2.49. The number of benzene rings is 1. The van der Waals surface area contributed by atoms with E-state index in [1.807, 2.05) is 0 Å². The molecular weight excluding hydrogens is 184 g/mol. The lowest BCUT2D eigenvalue weighted by Crippen LogP contribution is -2.46. The van der Waals surface area contributed by atoms with E-state index in [-0.39, 0.29) is 0 Å². The zero-order valence-corrected chi connectivity index (χ0v) is 9.39. The van der Waals surface area contributed by atoms with Gasteiger partial charge in [0.15, 0.2) is 0 Å². The summed E-state index contributed by atoms with van der Waals surface area (Å²) in [6.45, 7) is 4.38. The van der Waals surface area contributed by atoms with Crippen LogP contribution >= 0.6 is 0 Å². The fourth-order valence-electron chi connectivity index (χ4n) is 2.25. The van der Waals surface area contributed by atoms with Crippen LogP contribution in [0.4, 0.5) is 0 Å². The van der Waals surface area contributed by atoms with E-state index >= 15 is 0 Å². The first-order valence-electron chi connectivity index (χ1n) is 5.79. The topological polar surface area (TPSA) is 29.3 Å². The maximum atomic E-state index is 6.00. The number of hydrogen-bond donors (Lipinski definition) is 1. The fraction of sp³-hybridized carbons (Fsp3) is 0.538. The Morgan fingerprint density at radius 3 is 2.73 bits per heavy atom. The number of piperidine rings is 1. The Labute approximate surface area is 92.1 Å². The molecule has 15 heavy (non-hydrogen) atoms. The van der Waals surface area contributed by atoms with Gasteiger partial charge >= 0.3 is 0 Å². The monoisotopic (exact) mass is 204 g/mol. The first-order valence-corrected chi connectivity index (χ1v) is 5.79. The summed E-state index contributed by atoms with van der Waals surface area (Å²) in [5.41, 5.74) is 7.39. The Morgan fingerprint density at radius 1 is 1.27 bits per heavy atom. The van der Waals surface area contributed by atoms with Crippen molar-refractivity contribution in [3.05, 3.63) is 35.9 Å². The second-order valence-corrected chi connectivity index (χ2v) is 4.60. The first kappa shape index (κ1) is 10.7. The summed E-state index contributed by atoms with van der Waals surface area (Å²) in [5.74, 6) is 0. The molecule has 0 aromatic heterocycles. The molecule has 0 amide bonds. The molecular formula is C13H20N2. The number of rotatable bonds is 2. The minimum absolute atomic E-state index is 0.366. The minimum Gasteiger partial charge on any atom is -0.327 e. The minimum atomic E-state index is 0.366. The molecule has 1 fully saturated rings. The average molecular weight is 204 g/mol. The molecule has 1 aromatic rings. The molecule has 2 heteroatoms. The van der Waals surface area contributed by atoms with Crippen molar-refractivity contribution in [2.75, 3.05) is 6.54 Å². The van der Waals surface area contributed by atoms with Gasteiger partial charge in [0, 0.05) is 25.2 Å². The molecule has 82 valence electrons. The van der Waals surface area contributed by atoms with Gasteiger partial charge in [-0.15, -0.1) is 0 Å². The fourth-order valence-corrected chi connectivity index (χ4v) is 2.25. The van der Waals surface area contributed by atoms with Gasteiger partial charge in [-0.3, -0.25) is 4.90 Å². The molecule has 1 aliphatic rings. The van der Waals surface area contributed by atoms with E-state index < -0.39 is 0 Å². The van der Waals surface area contributed by atoms with Gasteiger partial charge in [-0.2, -0.15) is 0 Å². The van der Waals surface area contributed by atoms with Crippen LogP contribution in [-0.2, 0) is 6.54 Å². The summed E-state index contributed by atoms with van der Waals surface area (Å²) in [6.07, 6.45) is 2.40.